The van der Waals surface area contributed by atoms with E-state index in [9.17, 15) is 0 Å². The average Bonchev–Trinajstić information content (AvgIpc) is 2.49. The van der Waals surface area contributed by atoms with E-state index in [2.05, 4.69) is 5.16 Å². The molecule has 0 atom stereocenters. The van der Waals surface area contributed by atoms with Gasteiger partial charge in [-0.15, -0.1) is 0 Å². The molecule has 0 radical (unpaired) electrons. The molecule has 0 fully saturated rings. The number of oxime groups is 1. The van der Waals surface area contributed by atoms with Crippen molar-refractivity contribution < 1.29 is 5.21 Å². The van der Waals surface area contributed by atoms with Crippen molar-refractivity contribution >= 4 is 34.7 Å². The summed E-state index contributed by atoms with van der Waals surface area (Å²) in [6, 6.07) is 12.8. The second kappa shape index (κ2) is 6.70. The number of hydrogen-bond donors (Lipinski definition) is 2. The first-order valence-electron chi connectivity index (χ1n) is 6.24. The van der Waals surface area contributed by atoms with E-state index < -0.39 is 0 Å². The van der Waals surface area contributed by atoms with Crippen LogP contribution in [0.3, 0.4) is 0 Å². The molecule has 0 saturated heterocycles. The third-order valence-corrected chi connectivity index (χ3v) is 3.70. The van der Waals surface area contributed by atoms with Crippen molar-refractivity contribution in [1.82, 2.24) is 0 Å². The van der Waals surface area contributed by atoms with Gasteiger partial charge in [-0.1, -0.05) is 46.6 Å². The molecule has 0 aliphatic rings. The molecule has 110 valence electrons. The molecule has 2 aromatic carbocycles. The summed E-state index contributed by atoms with van der Waals surface area (Å²) in [7, 11) is 1.94. The molecule has 0 aromatic heterocycles. The highest BCUT2D eigenvalue weighted by Crippen LogP contribution is 2.24. The number of nitrogens with two attached hydrogens (primary N) is 1. The third kappa shape index (κ3) is 3.80. The van der Waals surface area contributed by atoms with Gasteiger partial charge in [0.15, 0.2) is 5.84 Å². The number of hydrogen-bond acceptors (Lipinski definition) is 3. The molecule has 0 bridgehead atoms. The first-order chi connectivity index (χ1) is 10.0. The van der Waals surface area contributed by atoms with Gasteiger partial charge in [0.1, 0.15) is 0 Å². The summed E-state index contributed by atoms with van der Waals surface area (Å²) in [5.41, 5.74) is 8.16. The maximum atomic E-state index is 8.73. The Morgan fingerprint density at radius 1 is 1.24 bits per heavy atom. The fraction of sp³-hybridized carbons (Fsp3) is 0.133. The fourth-order valence-electron chi connectivity index (χ4n) is 1.96. The van der Waals surface area contributed by atoms with Crippen LogP contribution in [0.4, 0.5) is 5.69 Å². The summed E-state index contributed by atoms with van der Waals surface area (Å²) < 4.78 is 0. The van der Waals surface area contributed by atoms with Crippen molar-refractivity contribution in [2.24, 2.45) is 10.9 Å². The summed E-state index contributed by atoms with van der Waals surface area (Å²) in [5, 5.41) is 13.0. The highest BCUT2D eigenvalue weighted by Gasteiger charge is 2.08. The van der Waals surface area contributed by atoms with Crippen LogP contribution in [0.1, 0.15) is 11.1 Å². The number of benzene rings is 2. The predicted octanol–water partition coefficient (Wildman–Crippen LogP) is 3.72. The average molecular weight is 324 g/mol. The smallest absolute Gasteiger partial charge is 0.170 e. The quantitative estimate of drug-likeness (QED) is 0.390. The van der Waals surface area contributed by atoms with Crippen molar-refractivity contribution in [2.75, 3.05) is 11.9 Å². The molecule has 6 heteroatoms. The van der Waals surface area contributed by atoms with Gasteiger partial charge >= 0.3 is 0 Å². The Balaban J connectivity index is 2.22. The Morgan fingerprint density at radius 3 is 2.67 bits per heavy atom. The number of amidine groups is 1. The molecule has 0 aliphatic carbocycles. The molecule has 2 rings (SSSR count). The van der Waals surface area contributed by atoms with E-state index >= 15 is 0 Å². The minimum Gasteiger partial charge on any atom is -0.409 e. The zero-order chi connectivity index (χ0) is 15.4. The second-order valence-corrected chi connectivity index (χ2v) is 5.47. The third-order valence-electron chi connectivity index (χ3n) is 3.11. The van der Waals surface area contributed by atoms with E-state index in [-0.39, 0.29) is 5.84 Å². The second-order valence-electron chi connectivity index (χ2n) is 4.63. The van der Waals surface area contributed by atoms with Gasteiger partial charge in [-0.3, -0.25) is 0 Å². The van der Waals surface area contributed by atoms with E-state index in [0.717, 1.165) is 11.3 Å². The minimum absolute atomic E-state index is 0.0785. The van der Waals surface area contributed by atoms with E-state index in [1.807, 2.05) is 42.3 Å². The van der Waals surface area contributed by atoms with Crippen LogP contribution >= 0.6 is 23.2 Å². The summed E-state index contributed by atoms with van der Waals surface area (Å²) in [5.74, 6) is 0.0785. The summed E-state index contributed by atoms with van der Waals surface area (Å²) in [6.07, 6.45) is 0. The first kappa shape index (κ1) is 15.5. The van der Waals surface area contributed by atoms with Crippen LogP contribution in [0.25, 0.3) is 0 Å². The van der Waals surface area contributed by atoms with Crippen molar-refractivity contribution in [3.05, 3.63) is 63.6 Å². The molecule has 0 spiro atoms. The highest BCUT2D eigenvalue weighted by molar-refractivity contribution is 6.35. The number of rotatable bonds is 4. The van der Waals surface area contributed by atoms with Gasteiger partial charge < -0.3 is 15.8 Å². The molecule has 0 amide bonds. The van der Waals surface area contributed by atoms with E-state index in [1.54, 1.807) is 12.1 Å². The lowest BCUT2D eigenvalue weighted by atomic mass is 10.1. The van der Waals surface area contributed by atoms with E-state index in [0.29, 0.717) is 22.2 Å². The van der Waals surface area contributed by atoms with Gasteiger partial charge in [0.2, 0.25) is 0 Å². The van der Waals surface area contributed by atoms with Gasteiger partial charge in [-0.05, 0) is 29.8 Å². The van der Waals surface area contributed by atoms with Gasteiger partial charge in [0, 0.05) is 34.9 Å². The molecular formula is C15H15Cl2N3O. The summed E-state index contributed by atoms with van der Waals surface area (Å²) in [6.45, 7) is 0.621. The molecule has 0 unspecified atom stereocenters. The van der Waals surface area contributed by atoms with Crippen LogP contribution in [0, 0.1) is 0 Å². The standard InChI is InChI=1S/C15H15Cl2N3O/c1-20(9-11-5-6-12(16)8-14(11)17)13-4-2-3-10(7-13)15(18)19-21/h2-8,21H,9H2,1H3,(H2,18,19). The van der Waals surface area contributed by atoms with Gasteiger partial charge in [-0.2, -0.15) is 0 Å². The van der Waals surface area contributed by atoms with Crippen LogP contribution < -0.4 is 10.6 Å². The fourth-order valence-corrected chi connectivity index (χ4v) is 2.43. The highest BCUT2D eigenvalue weighted by atomic mass is 35.5. The summed E-state index contributed by atoms with van der Waals surface area (Å²) in [4.78, 5) is 2.02. The Morgan fingerprint density at radius 2 is 2.00 bits per heavy atom. The molecule has 3 N–H and O–H groups in total. The Kier molecular flexibility index (Phi) is 4.94. The first-order valence-corrected chi connectivity index (χ1v) is 7.00. The molecule has 0 saturated carbocycles. The maximum absolute atomic E-state index is 8.73. The number of anilines is 1. The largest absolute Gasteiger partial charge is 0.409 e. The molecule has 0 heterocycles. The van der Waals surface area contributed by atoms with Crippen molar-refractivity contribution in [1.29, 1.82) is 0 Å². The van der Waals surface area contributed by atoms with Crippen LogP contribution in [0.5, 0.6) is 0 Å². The van der Waals surface area contributed by atoms with Crippen LogP contribution in [-0.2, 0) is 6.54 Å². The minimum atomic E-state index is 0.0785. The predicted molar refractivity (Wildman–Crippen MR) is 87.5 cm³/mol. The van der Waals surface area contributed by atoms with Crippen LogP contribution in [-0.4, -0.2) is 18.1 Å². The molecule has 4 nitrogen and oxygen atoms in total. The zero-order valence-electron chi connectivity index (χ0n) is 11.4. The lowest BCUT2D eigenvalue weighted by Crippen LogP contribution is -2.18. The van der Waals surface area contributed by atoms with Crippen molar-refractivity contribution in [2.45, 2.75) is 6.54 Å². The Labute approximate surface area is 133 Å². The van der Waals surface area contributed by atoms with Crippen LogP contribution in [0.15, 0.2) is 47.6 Å². The number of nitrogens with zero attached hydrogens (tertiary/aromatic N) is 2. The van der Waals surface area contributed by atoms with Crippen molar-refractivity contribution in [3.8, 4) is 0 Å². The van der Waals surface area contributed by atoms with E-state index in [4.69, 9.17) is 34.1 Å². The normalized spacial score (nSPS) is 11.5. The molecule has 21 heavy (non-hydrogen) atoms. The maximum Gasteiger partial charge on any atom is 0.170 e. The van der Waals surface area contributed by atoms with E-state index in [1.165, 1.54) is 0 Å². The monoisotopic (exact) mass is 323 g/mol. The molecule has 0 aliphatic heterocycles. The van der Waals surface area contributed by atoms with Crippen LogP contribution in [0.2, 0.25) is 10.0 Å². The Bertz CT molecular complexity index is 674. The number of halogens is 2. The van der Waals surface area contributed by atoms with Gasteiger partial charge in [0.05, 0.1) is 0 Å². The Hall–Kier alpha value is -1.91. The molecule has 2 aromatic rings. The zero-order valence-corrected chi connectivity index (χ0v) is 12.9. The van der Waals surface area contributed by atoms with Gasteiger partial charge in [0.25, 0.3) is 0 Å². The topological polar surface area (TPSA) is 61.8 Å². The molecular weight excluding hydrogens is 309 g/mol. The lowest BCUT2D eigenvalue weighted by Gasteiger charge is -2.20. The van der Waals surface area contributed by atoms with Crippen molar-refractivity contribution in [3.63, 3.8) is 0 Å². The summed E-state index contributed by atoms with van der Waals surface area (Å²) >= 11 is 12.1. The van der Waals surface area contributed by atoms with Gasteiger partial charge in [-0.25, -0.2) is 0 Å². The SMILES string of the molecule is CN(Cc1ccc(Cl)cc1Cl)c1cccc(C(N)=NO)c1. The lowest BCUT2D eigenvalue weighted by molar-refractivity contribution is 0.318.